The number of amides is 1. The topological polar surface area (TPSA) is 56.2 Å². The van der Waals surface area contributed by atoms with Crippen molar-refractivity contribution in [3.8, 4) is 5.75 Å². The van der Waals surface area contributed by atoms with E-state index in [1.54, 1.807) is 18.0 Å². The Kier molecular flexibility index (Phi) is 5.23. The van der Waals surface area contributed by atoms with Gasteiger partial charge in [0.1, 0.15) is 5.75 Å². The molecule has 1 aliphatic rings. The molecular formula is C17H21N3O2S. The zero-order chi connectivity index (χ0) is 16.1. The Hall–Kier alpha value is -1.95. The molecule has 1 N–H and O–H groups in total. The first-order chi connectivity index (χ1) is 11.2. The van der Waals surface area contributed by atoms with Gasteiger partial charge >= 0.3 is 0 Å². The molecule has 0 aliphatic carbocycles. The number of carbonyl (C=O) groups is 1. The number of carbonyl (C=O) groups excluding carboxylic acids is 1. The summed E-state index contributed by atoms with van der Waals surface area (Å²) < 4.78 is 7.70. The van der Waals surface area contributed by atoms with Gasteiger partial charge in [-0.25, -0.2) is 4.98 Å². The monoisotopic (exact) mass is 331 g/mol. The maximum absolute atomic E-state index is 12.4. The average Bonchev–Trinajstić information content (AvgIpc) is 2.84. The lowest BCUT2D eigenvalue weighted by Crippen LogP contribution is -2.33. The fraction of sp³-hybridized carbons (Fsp3) is 0.412. The largest absolute Gasteiger partial charge is 0.493 e. The highest BCUT2D eigenvalue weighted by Crippen LogP contribution is 2.26. The molecule has 1 aromatic carbocycles. The summed E-state index contributed by atoms with van der Waals surface area (Å²) in [6.45, 7) is 1.24. The molecule has 1 amide bonds. The predicted octanol–water partition coefficient (Wildman–Crippen LogP) is 2.27. The molecule has 0 bridgehead atoms. The van der Waals surface area contributed by atoms with Gasteiger partial charge in [-0.3, -0.25) is 4.79 Å². The maximum Gasteiger partial charge on any atom is 0.223 e. The normalized spacial score (nSPS) is 17.0. The molecule has 3 rings (SSSR count). The number of fused-ring (bicyclic) bond motifs is 1. The number of para-hydroxylation sites is 1. The molecule has 5 nitrogen and oxygen atoms in total. The molecule has 0 fully saturated rings. The van der Waals surface area contributed by atoms with Crippen molar-refractivity contribution in [2.24, 2.45) is 13.0 Å². The Labute approximate surface area is 140 Å². The average molecular weight is 331 g/mol. The quantitative estimate of drug-likeness (QED) is 0.674. The van der Waals surface area contributed by atoms with Crippen LogP contribution in [0.15, 0.2) is 41.8 Å². The second-order valence-corrected chi connectivity index (χ2v) is 6.67. The highest BCUT2D eigenvalue weighted by atomic mass is 32.2. The number of benzene rings is 1. The van der Waals surface area contributed by atoms with Gasteiger partial charge in [-0.2, -0.15) is 0 Å². The highest BCUT2D eigenvalue weighted by molar-refractivity contribution is 7.99. The van der Waals surface area contributed by atoms with Crippen molar-refractivity contribution in [2.45, 2.75) is 18.0 Å². The van der Waals surface area contributed by atoms with Crippen LogP contribution < -0.4 is 10.1 Å². The van der Waals surface area contributed by atoms with E-state index >= 15 is 0 Å². The van der Waals surface area contributed by atoms with Gasteiger partial charge in [0, 0.05) is 37.7 Å². The van der Waals surface area contributed by atoms with Gasteiger partial charge in [-0.15, -0.1) is 0 Å². The third kappa shape index (κ3) is 4.07. The van der Waals surface area contributed by atoms with E-state index in [4.69, 9.17) is 4.74 Å². The van der Waals surface area contributed by atoms with E-state index in [1.807, 2.05) is 42.1 Å². The molecular weight excluding hydrogens is 310 g/mol. The molecule has 6 heteroatoms. The number of hydrogen-bond acceptors (Lipinski definition) is 4. The van der Waals surface area contributed by atoms with Crippen LogP contribution in [0, 0.1) is 5.92 Å². The molecule has 0 radical (unpaired) electrons. The number of nitrogens with one attached hydrogen (secondary N) is 1. The van der Waals surface area contributed by atoms with Gasteiger partial charge in [-0.1, -0.05) is 30.0 Å². The fourth-order valence-corrected chi connectivity index (χ4v) is 3.45. The van der Waals surface area contributed by atoms with Crippen molar-refractivity contribution in [3.05, 3.63) is 42.2 Å². The first-order valence-electron chi connectivity index (χ1n) is 7.82. The van der Waals surface area contributed by atoms with E-state index in [0.717, 1.165) is 35.1 Å². The van der Waals surface area contributed by atoms with E-state index in [-0.39, 0.29) is 11.8 Å². The summed E-state index contributed by atoms with van der Waals surface area (Å²) >= 11 is 1.65. The molecule has 0 saturated carbocycles. The number of rotatable bonds is 5. The van der Waals surface area contributed by atoms with E-state index in [2.05, 4.69) is 10.3 Å². The predicted molar refractivity (Wildman–Crippen MR) is 90.7 cm³/mol. The zero-order valence-electron chi connectivity index (χ0n) is 13.2. The van der Waals surface area contributed by atoms with E-state index in [1.165, 1.54) is 0 Å². The van der Waals surface area contributed by atoms with Gasteiger partial charge in [0.15, 0.2) is 5.16 Å². The van der Waals surface area contributed by atoms with Crippen LogP contribution in [0.3, 0.4) is 0 Å². The Bertz CT molecular complexity index is 671. The number of aryl methyl sites for hydroxylation is 1. The number of nitrogens with zero attached hydrogens (tertiary/aromatic N) is 2. The Morgan fingerprint density at radius 2 is 2.35 bits per heavy atom. The van der Waals surface area contributed by atoms with E-state index < -0.39 is 0 Å². The molecule has 1 unspecified atom stereocenters. The summed E-state index contributed by atoms with van der Waals surface area (Å²) in [7, 11) is 1.97. The number of ether oxygens (including phenoxy) is 1. The van der Waals surface area contributed by atoms with E-state index in [0.29, 0.717) is 13.2 Å². The van der Waals surface area contributed by atoms with Gasteiger partial charge in [-0.05, 0) is 24.5 Å². The van der Waals surface area contributed by atoms with Crippen molar-refractivity contribution in [1.82, 2.24) is 14.9 Å². The number of hydrogen-bond donors (Lipinski definition) is 1. The lowest BCUT2D eigenvalue weighted by Gasteiger charge is -2.13. The van der Waals surface area contributed by atoms with Crippen LogP contribution in [0.1, 0.15) is 12.0 Å². The molecule has 122 valence electrons. The van der Waals surface area contributed by atoms with Crippen LogP contribution in [0.5, 0.6) is 5.75 Å². The molecule has 1 aliphatic heterocycles. The SMILES string of the molecule is Cn1ccnc1SCCNC(=O)C1CCOc2ccccc2C1. The molecule has 0 spiro atoms. The van der Waals surface area contributed by atoms with Crippen molar-refractivity contribution in [2.75, 3.05) is 18.9 Å². The minimum atomic E-state index is -0.0168. The van der Waals surface area contributed by atoms with Crippen molar-refractivity contribution in [3.63, 3.8) is 0 Å². The molecule has 2 heterocycles. The third-order valence-corrected chi connectivity index (χ3v) is 5.00. The Morgan fingerprint density at radius 3 is 3.17 bits per heavy atom. The Balaban J connectivity index is 1.48. The van der Waals surface area contributed by atoms with Crippen LogP contribution in [-0.2, 0) is 18.3 Å². The smallest absolute Gasteiger partial charge is 0.223 e. The van der Waals surface area contributed by atoms with Gasteiger partial charge in [0.05, 0.1) is 6.61 Å². The fourth-order valence-electron chi connectivity index (χ4n) is 2.67. The minimum absolute atomic E-state index is 0.0168. The van der Waals surface area contributed by atoms with Crippen molar-refractivity contribution < 1.29 is 9.53 Å². The maximum atomic E-state index is 12.4. The molecule has 1 atom stereocenters. The summed E-state index contributed by atoms with van der Waals surface area (Å²) in [5, 5.41) is 4.01. The summed E-state index contributed by atoms with van der Waals surface area (Å²) in [5.41, 5.74) is 1.12. The molecule has 0 saturated heterocycles. The first-order valence-corrected chi connectivity index (χ1v) is 8.81. The van der Waals surface area contributed by atoms with Crippen LogP contribution in [0.4, 0.5) is 0 Å². The van der Waals surface area contributed by atoms with Gasteiger partial charge in [0.25, 0.3) is 0 Å². The lowest BCUT2D eigenvalue weighted by molar-refractivity contribution is -0.125. The highest BCUT2D eigenvalue weighted by Gasteiger charge is 2.23. The van der Waals surface area contributed by atoms with E-state index in [9.17, 15) is 4.79 Å². The second-order valence-electron chi connectivity index (χ2n) is 5.61. The first kappa shape index (κ1) is 15.9. The van der Waals surface area contributed by atoms with Crippen LogP contribution in [0.25, 0.3) is 0 Å². The summed E-state index contributed by atoms with van der Waals surface area (Å²) in [6, 6.07) is 7.97. The van der Waals surface area contributed by atoms with Crippen LogP contribution in [-0.4, -0.2) is 34.4 Å². The number of imidazole rings is 1. The summed E-state index contributed by atoms with van der Waals surface area (Å²) in [4.78, 5) is 16.6. The van der Waals surface area contributed by atoms with Crippen molar-refractivity contribution >= 4 is 17.7 Å². The minimum Gasteiger partial charge on any atom is -0.493 e. The van der Waals surface area contributed by atoms with Crippen LogP contribution >= 0.6 is 11.8 Å². The Morgan fingerprint density at radius 1 is 1.48 bits per heavy atom. The molecule has 2 aromatic rings. The molecule has 23 heavy (non-hydrogen) atoms. The lowest BCUT2D eigenvalue weighted by atomic mass is 9.96. The van der Waals surface area contributed by atoms with Crippen molar-refractivity contribution in [1.29, 1.82) is 0 Å². The standard InChI is InChI=1S/C17H21N3O2S/c1-20-9-7-19-17(20)23-11-8-18-16(21)14-6-10-22-15-5-3-2-4-13(15)12-14/h2-5,7,9,14H,6,8,10-12H2,1H3,(H,18,21). The number of thioether (sulfide) groups is 1. The third-order valence-electron chi connectivity index (χ3n) is 3.94. The molecule has 1 aromatic heterocycles. The van der Waals surface area contributed by atoms with Gasteiger partial charge in [0.2, 0.25) is 5.91 Å². The summed E-state index contributed by atoms with van der Waals surface area (Å²) in [6.07, 6.45) is 5.20. The number of aromatic nitrogens is 2. The zero-order valence-corrected chi connectivity index (χ0v) is 14.0. The van der Waals surface area contributed by atoms with Gasteiger partial charge < -0.3 is 14.6 Å². The second kappa shape index (κ2) is 7.55. The van der Waals surface area contributed by atoms with Crippen LogP contribution in [0.2, 0.25) is 0 Å². The summed E-state index contributed by atoms with van der Waals surface area (Å²) in [5.74, 6) is 1.83.